The second-order valence-electron chi connectivity index (χ2n) is 5.72. The number of rotatable bonds is 7. The van der Waals surface area contributed by atoms with E-state index in [9.17, 15) is 13.2 Å². The molecule has 22 heavy (non-hydrogen) atoms. The van der Waals surface area contributed by atoms with E-state index < -0.39 is 10.0 Å². The Bertz CT molecular complexity index is 630. The van der Waals surface area contributed by atoms with E-state index in [4.69, 9.17) is 0 Å². The van der Waals surface area contributed by atoms with Gasteiger partial charge in [-0.1, -0.05) is 35.8 Å². The summed E-state index contributed by atoms with van der Waals surface area (Å²) in [7, 11) is -3.41. The zero-order valence-electron chi connectivity index (χ0n) is 13.4. The van der Waals surface area contributed by atoms with Gasteiger partial charge >= 0.3 is 0 Å². The molecule has 1 aromatic carbocycles. The maximum Gasteiger partial charge on any atom is 0.232 e. The summed E-state index contributed by atoms with van der Waals surface area (Å²) in [6, 6.07) is 5.39. The number of sulfonamides is 1. The van der Waals surface area contributed by atoms with E-state index in [0.717, 1.165) is 16.3 Å². The molecule has 0 saturated carbocycles. The van der Waals surface area contributed by atoms with Crippen molar-refractivity contribution in [2.75, 3.05) is 23.7 Å². The molecule has 1 aromatic rings. The number of halogens is 1. The zero-order valence-corrected chi connectivity index (χ0v) is 15.8. The number of carbonyl (C=O) groups is 1. The van der Waals surface area contributed by atoms with Crippen LogP contribution in [-0.4, -0.2) is 33.7 Å². The number of hydrogen-bond donors (Lipinski definition) is 1. The lowest BCUT2D eigenvalue weighted by molar-refractivity contribution is -0.121. The van der Waals surface area contributed by atoms with Crippen LogP contribution in [0.2, 0.25) is 0 Å². The van der Waals surface area contributed by atoms with E-state index >= 15 is 0 Å². The van der Waals surface area contributed by atoms with E-state index in [2.05, 4.69) is 21.2 Å². The molecule has 0 aliphatic rings. The topological polar surface area (TPSA) is 66.5 Å². The third-order valence-corrected chi connectivity index (χ3v) is 5.12. The minimum Gasteiger partial charge on any atom is -0.354 e. The molecule has 0 spiro atoms. The van der Waals surface area contributed by atoms with Gasteiger partial charge in [0.25, 0.3) is 0 Å². The number of amides is 1. The molecule has 1 N–H and O–H groups in total. The van der Waals surface area contributed by atoms with Crippen LogP contribution in [0.1, 0.15) is 25.8 Å². The summed E-state index contributed by atoms with van der Waals surface area (Å²) in [5.74, 6) is 0.215. The van der Waals surface area contributed by atoms with Crippen LogP contribution in [0.5, 0.6) is 0 Å². The van der Waals surface area contributed by atoms with Crippen LogP contribution in [0.25, 0.3) is 0 Å². The fourth-order valence-electron chi connectivity index (χ4n) is 1.96. The summed E-state index contributed by atoms with van der Waals surface area (Å²) in [4.78, 5) is 11.6. The normalized spacial score (nSPS) is 11.5. The number of carbonyl (C=O) groups excluding carboxylic acids is 1. The highest BCUT2D eigenvalue weighted by Gasteiger charge is 2.18. The molecular weight excluding hydrogens is 368 g/mol. The largest absolute Gasteiger partial charge is 0.354 e. The third kappa shape index (κ3) is 5.96. The molecule has 0 aliphatic heterocycles. The van der Waals surface area contributed by atoms with Crippen molar-refractivity contribution in [1.82, 2.24) is 5.32 Å². The first-order valence-corrected chi connectivity index (χ1v) is 9.76. The Labute approximate surface area is 141 Å². The summed E-state index contributed by atoms with van der Waals surface area (Å²) in [5, 5.41) is 2.76. The molecule has 1 rings (SSSR count). The Morgan fingerprint density at radius 2 is 2.00 bits per heavy atom. The van der Waals surface area contributed by atoms with Crippen molar-refractivity contribution in [3.63, 3.8) is 0 Å². The van der Waals surface area contributed by atoms with Crippen molar-refractivity contribution in [2.24, 2.45) is 5.92 Å². The quantitative estimate of drug-likeness (QED) is 0.777. The second kappa shape index (κ2) is 7.97. The van der Waals surface area contributed by atoms with Crippen LogP contribution in [0.15, 0.2) is 22.7 Å². The predicted octanol–water partition coefficient (Wildman–Crippen LogP) is 2.69. The van der Waals surface area contributed by atoms with Gasteiger partial charge in [0.15, 0.2) is 0 Å². The average molecular weight is 391 g/mol. The molecule has 7 heteroatoms. The zero-order chi connectivity index (χ0) is 16.9. The Kier molecular flexibility index (Phi) is 6.87. The van der Waals surface area contributed by atoms with Gasteiger partial charge in [-0.25, -0.2) is 8.42 Å². The summed E-state index contributed by atoms with van der Waals surface area (Å²) in [6.07, 6.45) is 1.60. The summed E-state index contributed by atoms with van der Waals surface area (Å²) in [5.41, 5.74) is 1.61. The monoisotopic (exact) mass is 390 g/mol. The number of anilines is 1. The number of hydrogen-bond acceptors (Lipinski definition) is 3. The van der Waals surface area contributed by atoms with Gasteiger partial charge in [-0.15, -0.1) is 0 Å². The maximum absolute atomic E-state index is 12.0. The number of benzene rings is 1. The SMILES string of the molecule is Cc1ccc(N(CCNC(=O)CC(C)C)S(C)(=O)=O)cc1Br. The van der Waals surface area contributed by atoms with Crippen molar-refractivity contribution in [2.45, 2.75) is 27.2 Å². The van der Waals surface area contributed by atoms with Crippen LogP contribution < -0.4 is 9.62 Å². The smallest absolute Gasteiger partial charge is 0.232 e. The van der Waals surface area contributed by atoms with Crippen LogP contribution in [0.3, 0.4) is 0 Å². The standard InChI is InChI=1S/C15H23BrN2O3S/c1-11(2)9-15(19)17-7-8-18(22(4,20)21)13-6-5-12(3)14(16)10-13/h5-6,10-11H,7-9H2,1-4H3,(H,17,19). The van der Waals surface area contributed by atoms with Gasteiger partial charge in [-0.2, -0.15) is 0 Å². The molecule has 0 unspecified atom stereocenters. The predicted molar refractivity (Wildman–Crippen MR) is 93.5 cm³/mol. The molecular formula is C15H23BrN2O3S. The fourth-order valence-corrected chi connectivity index (χ4v) is 3.25. The van der Waals surface area contributed by atoms with Crippen molar-refractivity contribution in [3.8, 4) is 0 Å². The number of nitrogens with one attached hydrogen (secondary N) is 1. The minimum absolute atomic E-state index is 0.0615. The fraction of sp³-hybridized carbons (Fsp3) is 0.533. The van der Waals surface area contributed by atoms with Crippen LogP contribution in [-0.2, 0) is 14.8 Å². The highest BCUT2D eigenvalue weighted by molar-refractivity contribution is 9.10. The highest BCUT2D eigenvalue weighted by Crippen LogP contribution is 2.24. The lowest BCUT2D eigenvalue weighted by atomic mass is 10.1. The van der Waals surface area contributed by atoms with Gasteiger partial charge in [0.1, 0.15) is 0 Å². The Morgan fingerprint density at radius 1 is 1.36 bits per heavy atom. The van der Waals surface area contributed by atoms with Crippen molar-refractivity contribution < 1.29 is 13.2 Å². The van der Waals surface area contributed by atoms with Crippen LogP contribution in [0, 0.1) is 12.8 Å². The van der Waals surface area contributed by atoms with Crippen LogP contribution in [0.4, 0.5) is 5.69 Å². The van der Waals surface area contributed by atoms with Gasteiger partial charge < -0.3 is 5.32 Å². The van der Waals surface area contributed by atoms with E-state index in [1.165, 1.54) is 4.31 Å². The van der Waals surface area contributed by atoms with Gasteiger partial charge in [0, 0.05) is 17.4 Å². The molecule has 0 aliphatic carbocycles. The van der Waals surface area contributed by atoms with Crippen molar-refractivity contribution >= 4 is 37.5 Å². The minimum atomic E-state index is -3.41. The molecule has 124 valence electrons. The first kappa shape index (κ1) is 19.0. The highest BCUT2D eigenvalue weighted by atomic mass is 79.9. The first-order valence-electron chi connectivity index (χ1n) is 7.12. The Hall–Kier alpha value is -1.08. The molecule has 5 nitrogen and oxygen atoms in total. The second-order valence-corrected chi connectivity index (χ2v) is 8.48. The maximum atomic E-state index is 12.0. The van der Waals surface area contributed by atoms with Crippen LogP contribution >= 0.6 is 15.9 Å². The van der Waals surface area contributed by atoms with Gasteiger partial charge in [0.2, 0.25) is 15.9 Å². The Morgan fingerprint density at radius 3 is 2.50 bits per heavy atom. The molecule has 0 saturated heterocycles. The van der Waals surface area contributed by atoms with Gasteiger partial charge in [0.05, 0.1) is 18.5 Å². The van der Waals surface area contributed by atoms with Crippen molar-refractivity contribution in [1.29, 1.82) is 0 Å². The summed E-state index contributed by atoms with van der Waals surface area (Å²) in [6.45, 7) is 6.35. The van der Waals surface area contributed by atoms with E-state index in [-0.39, 0.29) is 24.9 Å². The third-order valence-electron chi connectivity index (χ3n) is 3.07. The van der Waals surface area contributed by atoms with E-state index in [1.54, 1.807) is 12.1 Å². The molecule has 0 atom stereocenters. The van der Waals surface area contributed by atoms with Gasteiger partial charge in [-0.3, -0.25) is 9.10 Å². The molecule has 0 bridgehead atoms. The first-order chi connectivity index (χ1) is 10.1. The molecule has 0 radical (unpaired) electrons. The lowest BCUT2D eigenvalue weighted by Crippen LogP contribution is -2.38. The Balaban J connectivity index is 2.79. The number of nitrogens with zero attached hydrogens (tertiary/aromatic N) is 1. The molecule has 0 aromatic heterocycles. The van der Waals surface area contributed by atoms with Crippen molar-refractivity contribution in [3.05, 3.63) is 28.2 Å². The van der Waals surface area contributed by atoms with E-state index in [0.29, 0.717) is 12.1 Å². The van der Waals surface area contributed by atoms with E-state index in [1.807, 2.05) is 26.8 Å². The molecule has 1 amide bonds. The van der Waals surface area contributed by atoms with Gasteiger partial charge in [-0.05, 0) is 30.5 Å². The number of aryl methyl sites for hydroxylation is 1. The average Bonchev–Trinajstić information content (AvgIpc) is 2.36. The molecule has 0 fully saturated rings. The lowest BCUT2D eigenvalue weighted by Gasteiger charge is -2.23. The molecule has 0 heterocycles. The summed E-state index contributed by atoms with van der Waals surface area (Å²) < 4.78 is 26.1. The summed E-state index contributed by atoms with van der Waals surface area (Å²) >= 11 is 3.41.